The molecule has 2 aromatic rings. The molecule has 0 aromatic heterocycles. The predicted molar refractivity (Wildman–Crippen MR) is 82.5 cm³/mol. The first kappa shape index (κ1) is 13.7. The third-order valence-corrected chi connectivity index (χ3v) is 3.68. The third-order valence-electron chi connectivity index (χ3n) is 3.37. The normalized spacial score (nSPS) is 13.5. The summed E-state index contributed by atoms with van der Waals surface area (Å²) in [5.41, 5.74) is 9.46. The van der Waals surface area contributed by atoms with E-state index >= 15 is 0 Å². The van der Waals surface area contributed by atoms with Crippen LogP contribution in [0.3, 0.4) is 0 Å². The van der Waals surface area contributed by atoms with Crippen LogP contribution in [0.1, 0.15) is 12.0 Å². The van der Waals surface area contributed by atoms with Crippen LogP contribution in [0.4, 0.5) is 27.1 Å². The standard InChI is InChI=1S/C15H13ClFN3O/c16-10-6-9(17)2-3-12(10)19-14-5-8-1-4-15(21)20-13(8)7-11(14)18/h2-3,5-7,19H,1,4,18H2,(H,20,21). The summed E-state index contributed by atoms with van der Waals surface area (Å²) in [4.78, 5) is 11.4. The van der Waals surface area contributed by atoms with Crippen molar-refractivity contribution < 1.29 is 9.18 Å². The summed E-state index contributed by atoms with van der Waals surface area (Å²) in [6.07, 6.45) is 1.11. The highest BCUT2D eigenvalue weighted by Crippen LogP contribution is 2.34. The number of carbonyl (C=O) groups is 1. The lowest BCUT2D eigenvalue weighted by Gasteiger charge is -2.20. The van der Waals surface area contributed by atoms with Gasteiger partial charge in [-0.05, 0) is 42.3 Å². The molecule has 0 saturated heterocycles. The average molecular weight is 306 g/mol. The van der Waals surface area contributed by atoms with Crippen molar-refractivity contribution in [3.63, 3.8) is 0 Å². The lowest BCUT2D eigenvalue weighted by atomic mass is 10.0. The van der Waals surface area contributed by atoms with Crippen LogP contribution in [-0.4, -0.2) is 5.91 Å². The smallest absolute Gasteiger partial charge is 0.224 e. The van der Waals surface area contributed by atoms with E-state index in [-0.39, 0.29) is 10.9 Å². The van der Waals surface area contributed by atoms with Gasteiger partial charge in [0, 0.05) is 12.1 Å². The van der Waals surface area contributed by atoms with E-state index in [1.807, 2.05) is 6.07 Å². The molecule has 2 aromatic carbocycles. The third kappa shape index (κ3) is 2.78. The summed E-state index contributed by atoms with van der Waals surface area (Å²) in [6.45, 7) is 0. The Morgan fingerprint density at radius 3 is 2.76 bits per heavy atom. The number of nitrogen functional groups attached to an aromatic ring is 1. The van der Waals surface area contributed by atoms with Crippen LogP contribution >= 0.6 is 11.6 Å². The Morgan fingerprint density at radius 2 is 2.00 bits per heavy atom. The van der Waals surface area contributed by atoms with Crippen LogP contribution in [0, 0.1) is 5.82 Å². The molecule has 0 spiro atoms. The molecule has 0 radical (unpaired) electrons. The SMILES string of the molecule is Nc1cc2c(cc1Nc1ccc(F)cc1Cl)CCC(=O)N2. The number of halogens is 2. The Labute approximate surface area is 126 Å². The van der Waals surface area contributed by atoms with E-state index in [2.05, 4.69) is 10.6 Å². The molecule has 1 aliphatic heterocycles. The van der Waals surface area contributed by atoms with Gasteiger partial charge in [-0.3, -0.25) is 4.79 Å². The minimum Gasteiger partial charge on any atom is -0.397 e. The minimum atomic E-state index is -0.397. The van der Waals surface area contributed by atoms with Crippen molar-refractivity contribution in [3.8, 4) is 0 Å². The molecule has 108 valence electrons. The molecule has 1 amide bonds. The number of fused-ring (bicyclic) bond motifs is 1. The fourth-order valence-electron chi connectivity index (χ4n) is 2.29. The average Bonchev–Trinajstić information content (AvgIpc) is 2.42. The van der Waals surface area contributed by atoms with E-state index in [1.165, 1.54) is 12.1 Å². The number of hydrogen-bond acceptors (Lipinski definition) is 3. The maximum absolute atomic E-state index is 13.1. The maximum atomic E-state index is 13.1. The van der Waals surface area contributed by atoms with Crippen LogP contribution in [-0.2, 0) is 11.2 Å². The number of benzene rings is 2. The molecule has 0 unspecified atom stereocenters. The van der Waals surface area contributed by atoms with Crippen LogP contribution in [0.2, 0.25) is 5.02 Å². The van der Waals surface area contributed by atoms with Crippen molar-refractivity contribution in [2.75, 3.05) is 16.4 Å². The molecule has 0 atom stereocenters. The van der Waals surface area contributed by atoms with E-state index in [1.54, 1.807) is 12.1 Å². The molecule has 4 nitrogen and oxygen atoms in total. The lowest BCUT2D eigenvalue weighted by molar-refractivity contribution is -0.116. The Hall–Kier alpha value is -2.27. The Bertz CT molecular complexity index is 733. The number of nitrogens with two attached hydrogens (primary N) is 1. The summed E-state index contributed by atoms with van der Waals surface area (Å²) >= 11 is 5.99. The summed E-state index contributed by atoms with van der Waals surface area (Å²) in [5, 5.41) is 6.16. The molecule has 4 N–H and O–H groups in total. The number of nitrogens with one attached hydrogen (secondary N) is 2. The molecule has 0 aliphatic carbocycles. The first-order valence-corrected chi connectivity index (χ1v) is 6.85. The summed E-state index contributed by atoms with van der Waals surface area (Å²) in [5.74, 6) is -0.407. The van der Waals surface area contributed by atoms with Crippen molar-refractivity contribution in [1.82, 2.24) is 0 Å². The Balaban J connectivity index is 1.94. The van der Waals surface area contributed by atoms with Gasteiger partial charge in [0.05, 0.1) is 22.1 Å². The van der Waals surface area contributed by atoms with Crippen LogP contribution in [0.25, 0.3) is 0 Å². The summed E-state index contributed by atoms with van der Waals surface area (Å²) in [7, 11) is 0. The molecular formula is C15H13ClFN3O. The van der Waals surface area contributed by atoms with Gasteiger partial charge in [-0.2, -0.15) is 0 Å². The summed E-state index contributed by atoms with van der Waals surface area (Å²) in [6, 6.07) is 7.70. The molecule has 1 aliphatic rings. The molecule has 0 fully saturated rings. The second-order valence-corrected chi connectivity index (χ2v) is 5.30. The van der Waals surface area contributed by atoms with Gasteiger partial charge in [0.1, 0.15) is 5.82 Å². The van der Waals surface area contributed by atoms with Crippen molar-refractivity contribution in [2.45, 2.75) is 12.8 Å². The highest BCUT2D eigenvalue weighted by molar-refractivity contribution is 6.33. The summed E-state index contributed by atoms with van der Waals surface area (Å²) < 4.78 is 13.1. The number of anilines is 4. The van der Waals surface area contributed by atoms with Gasteiger partial charge in [0.2, 0.25) is 5.91 Å². The quantitative estimate of drug-likeness (QED) is 0.741. The number of carbonyl (C=O) groups excluding carboxylic acids is 1. The molecule has 3 rings (SSSR count). The van der Waals surface area contributed by atoms with Crippen LogP contribution in [0.5, 0.6) is 0 Å². The predicted octanol–water partition coefficient (Wildman–Crippen LogP) is 3.69. The van der Waals surface area contributed by atoms with Crippen molar-refractivity contribution in [2.24, 2.45) is 0 Å². The second kappa shape index (κ2) is 5.26. The topological polar surface area (TPSA) is 67.1 Å². The van der Waals surface area contributed by atoms with Crippen molar-refractivity contribution >= 4 is 40.3 Å². The fraction of sp³-hybridized carbons (Fsp3) is 0.133. The van der Waals surface area contributed by atoms with Gasteiger partial charge >= 0.3 is 0 Å². The first-order valence-electron chi connectivity index (χ1n) is 6.47. The van der Waals surface area contributed by atoms with E-state index in [0.29, 0.717) is 29.9 Å². The zero-order chi connectivity index (χ0) is 15.0. The number of amides is 1. The highest BCUT2D eigenvalue weighted by atomic mass is 35.5. The van der Waals surface area contributed by atoms with Crippen molar-refractivity contribution in [1.29, 1.82) is 0 Å². The monoisotopic (exact) mass is 305 g/mol. The second-order valence-electron chi connectivity index (χ2n) is 4.89. The van der Waals surface area contributed by atoms with Crippen LogP contribution in [0.15, 0.2) is 30.3 Å². The number of hydrogen-bond donors (Lipinski definition) is 3. The van der Waals surface area contributed by atoms with Gasteiger partial charge in [-0.1, -0.05) is 11.6 Å². The van der Waals surface area contributed by atoms with Gasteiger partial charge in [-0.25, -0.2) is 4.39 Å². The van der Waals surface area contributed by atoms with Gasteiger partial charge in [-0.15, -0.1) is 0 Å². The van der Waals surface area contributed by atoms with E-state index in [9.17, 15) is 9.18 Å². The zero-order valence-electron chi connectivity index (χ0n) is 11.0. The Morgan fingerprint density at radius 1 is 1.19 bits per heavy atom. The molecule has 21 heavy (non-hydrogen) atoms. The van der Waals surface area contributed by atoms with Gasteiger partial charge in [0.25, 0.3) is 0 Å². The minimum absolute atomic E-state index is 0.0100. The zero-order valence-corrected chi connectivity index (χ0v) is 11.8. The fourth-order valence-corrected chi connectivity index (χ4v) is 2.50. The van der Waals surface area contributed by atoms with E-state index in [4.69, 9.17) is 17.3 Å². The van der Waals surface area contributed by atoms with E-state index in [0.717, 1.165) is 11.3 Å². The molecule has 0 saturated carbocycles. The van der Waals surface area contributed by atoms with Crippen molar-refractivity contribution in [3.05, 3.63) is 46.7 Å². The lowest BCUT2D eigenvalue weighted by Crippen LogP contribution is -2.19. The number of rotatable bonds is 2. The maximum Gasteiger partial charge on any atom is 0.224 e. The van der Waals surface area contributed by atoms with E-state index < -0.39 is 5.82 Å². The molecule has 6 heteroatoms. The molecular weight excluding hydrogens is 293 g/mol. The van der Waals surface area contributed by atoms with Gasteiger partial charge < -0.3 is 16.4 Å². The molecule has 1 heterocycles. The number of aryl methyl sites for hydroxylation is 1. The Kier molecular flexibility index (Phi) is 3.43. The molecule has 0 bridgehead atoms. The largest absolute Gasteiger partial charge is 0.397 e. The van der Waals surface area contributed by atoms with Gasteiger partial charge in [0.15, 0.2) is 0 Å². The highest BCUT2D eigenvalue weighted by Gasteiger charge is 2.17. The van der Waals surface area contributed by atoms with Crippen LogP contribution < -0.4 is 16.4 Å². The first-order chi connectivity index (χ1) is 10.0.